The lowest BCUT2D eigenvalue weighted by atomic mass is 10.00. The van der Waals surface area contributed by atoms with Crippen LogP contribution in [0, 0.1) is 18.7 Å². The lowest BCUT2D eigenvalue weighted by Gasteiger charge is -2.35. The number of piperidine rings is 1. The Labute approximate surface area is 103 Å². The van der Waals surface area contributed by atoms with Gasteiger partial charge < -0.3 is 4.90 Å². The lowest BCUT2D eigenvalue weighted by molar-refractivity contribution is 0.455. The van der Waals surface area contributed by atoms with Crippen molar-refractivity contribution < 1.29 is 4.39 Å². The number of anilines is 1. The molecule has 88 valence electrons. The van der Waals surface area contributed by atoms with E-state index in [1.807, 2.05) is 4.90 Å². The third-order valence-corrected chi connectivity index (χ3v) is 4.41. The normalized spacial score (nSPS) is 25.9. The molecule has 0 radical (unpaired) electrons. The highest BCUT2D eigenvalue weighted by Crippen LogP contribution is 2.27. The van der Waals surface area contributed by atoms with Crippen molar-refractivity contribution in [2.75, 3.05) is 18.0 Å². The number of alkyl halides is 1. The fraction of sp³-hybridized carbons (Fsp3) is 0.636. The van der Waals surface area contributed by atoms with Crippen LogP contribution in [0.15, 0.2) is 6.33 Å². The highest BCUT2D eigenvalue weighted by atomic mass is 79.9. The van der Waals surface area contributed by atoms with E-state index in [4.69, 9.17) is 0 Å². The van der Waals surface area contributed by atoms with Crippen molar-refractivity contribution in [1.29, 1.82) is 0 Å². The van der Waals surface area contributed by atoms with E-state index in [9.17, 15) is 4.39 Å². The molecule has 1 aliphatic heterocycles. The molecule has 0 saturated carbocycles. The van der Waals surface area contributed by atoms with Crippen LogP contribution < -0.4 is 4.90 Å². The van der Waals surface area contributed by atoms with Crippen molar-refractivity contribution in [3.63, 3.8) is 0 Å². The maximum atomic E-state index is 13.8. The summed E-state index contributed by atoms with van der Waals surface area (Å²) in [5.74, 6) is 0.657. The Morgan fingerprint density at radius 1 is 1.50 bits per heavy atom. The van der Waals surface area contributed by atoms with Crippen LogP contribution in [0.1, 0.15) is 19.0 Å². The zero-order valence-corrected chi connectivity index (χ0v) is 11.0. The van der Waals surface area contributed by atoms with E-state index in [0.29, 0.717) is 22.3 Å². The number of hydrogen-bond donors (Lipinski definition) is 0. The lowest BCUT2D eigenvalue weighted by Crippen LogP contribution is -2.40. The van der Waals surface area contributed by atoms with Crippen molar-refractivity contribution in [3.8, 4) is 0 Å². The average molecular weight is 288 g/mol. The zero-order chi connectivity index (χ0) is 11.7. The maximum absolute atomic E-state index is 13.8. The largest absolute Gasteiger partial charge is 0.354 e. The summed E-state index contributed by atoms with van der Waals surface area (Å²) in [6.07, 6.45) is 2.45. The van der Waals surface area contributed by atoms with Gasteiger partial charge in [-0.05, 0) is 19.3 Å². The molecule has 0 amide bonds. The maximum Gasteiger partial charge on any atom is 0.186 e. The minimum atomic E-state index is -0.289. The molecule has 1 saturated heterocycles. The van der Waals surface area contributed by atoms with Gasteiger partial charge in [0.15, 0.2) is 11.6 Å². The molecule has 2 unspecified atom stereocenters. The van der Waals surface area contributed by atoms with Crippen LogP contribution in [-0.2, 0) is 0 Å². The van der Waals surface area contributed by atoms with Crippen LogP contribution in [-0.4, -0.2) is 27.9 Å². The highest BCUT2D eigenvalue weighted by molar-refractivity contribution is 9.09. The number of aromatic nitrogens is 2. The van der Waals surface area contributed by atoms with Gasteiger partial charge in [0.2, 0.25) is 0 Å². The average Bonchev–Trinajstić information content (AvgIpc) is 2.26. The van der Waals surface area contributed by atoms with E-state index in [1.165, 1.54) is 6.33 Å². The number of hydrogen-bond acceptors (Lipinski definition) is 3. The molecule has 0 aromatic carbocycles. The molecule has 2 rings (SSSR count). The molecule has 5 heteroatoms. The number of aryl methyl sites for hydroxylation is 1. The first-order valence-electron chi connectivity index (χ1n) is 5.45. The van der Waals surface area contributed by atoms with Gasteiger partial charge in [-0.3, -0.25) is 0 Å². The van der Waals surface area contributed by atoms with E-state index >= 15 is 0 Å². The molecule has 0 aliphatic carbocycles. The second-order valence-electron chi connectivity index (χ2n) is 4.32. The van der Waals surface area contributed by atoms with Gasteiger partial charge in [-0.2, -0.15) is 0 Å². The van der Waals surface area contributed by atoms with Gasteiger partial charge in [-0.15, -0.1) is 0 Å². The van der Waals surface area contributed by atoms with Gasteiger partial charge in [0.1, 0.15) is 6.33 Å². The molecule has 3 nitrogen and oxygen atoms in total. The molecule has 0 N–H and O–H groups in total. The van der Waals surface area contributed by atoms with Gasteiger partial charge in [-0.1, -0.05) is 22.9 Å². The summed E-state index contributed by atoms with van der Waals surface area (Å²) < 4.78 is 13.8. The van der Waals surface area contributed by atoms with Crippen molar-refractivity contribution in [2.45, 2.75) is 25.1 Å². The van der Waals surface area contributed by atoms with Crippen molar-refractivity contribution in [2.24, 2.45) is 5.92 Å². The quantitative estimate of drug-likeness (QED) is 0.744. The monoisotopic (exact) mass is 287 g/mol. The molecule has 1 fully saturated rings. The summed E-state index contributed by atoms with van der Waals surface area (Å²) >= 11 is 3.63. The van der Waals surface area contributed by atoms with Crippen LogP contribution >= 0.6 is 15.9 Å². The van der Waals surface area contributed by atoms with Gasteiger partial charge in [0.05, 0.1) is 5.69 Å². The molecule has 1 aromatic heterocycles. The van der Waals surface area contributed by atoms with Crippen LogP contribution in [0.25, 0.3) is 0 Å². The van der Waals surface area contributed by atoms with Crippen LogP contribution in [0.2, 0.25) is 0 Å². The Kier molecular flexibility index (Phi) is 3.42. The molecule has 1 aromatic rings. The number of rotatable bonds is 1. The molecule has 2 atom stereocenters. The summed E-state index contributed by atoms with van der Waals surface area (Å²) in [6.45, 7) is 5.51. The third kappa shape index (κ3) is 2.19. The topological polar surface area (TPSA) is 29.0 Å². The Balaban J connectivity index is 2.22. The third-order valence-electron chi connectivity index (χ3n) is 3.05. The fourth-order valence-electron chi connectivity index (χ4n) is 1.98. The predicted octanol–water partition coefficient (Wildman–Crippen LogP) is 2.53. The van der Waals surface area contributed by atoms with Crippen molar-refractivity contribution in [1.82, 2.24) is 9.97 Å². The standard InChI is InChI=1S/C11H15BrFN3/c1-7-5-16(4-3-9(7)12)11-10(13)8(2)14-6-15-11/h6-7,9H,3-5H2,1-2H3. The molecular formula is C11H15BrFN3. The second-order valence-corrected chi connectivity index (χ2v) is 5.50. The zero-order valence-electron chi connectivity index (χ0n) is 9.45. The highest BCUT2D eigenvalue weighted by Gasteiger charge is 2.26. The SMILES string of the molecule is Cc1ncnc(N2CCC(Br)C(C)C2)c1F. The smallest absolute Gasteiger partial charge is 0.186 e. The van der Waals surface area contributed by atoms with Gasteiger partial charge in [0.25, 0.3) is 0 Å². The van der Waals surface area contributed by atoms with Crippen LogP contribution in [0.3, 0.4) is 0 Å². The van der Waals surface area contributed by atoms with Crippen molar-refractivity contribution in [3.05, 3.63) is 17.8 Å². The van der Waals surface area contributed by atoms with Crippen LogP contribution in [0.4, 0.5) is 10.2 Å². The Morgan fingerprint density at radius 3 is 2.94 bits per heavy atom. The molecule has 2 heterocycles. The van der Waals surface area contributed by atoms with E-state index in [-0.39, 0.29) is 5.82 Å². The van der Waals surface area contributed by atoms with Gasteiger partial charge >= 0.3 is 0 Å². The molecule has 16 heavy (non-hydrogen) atoms. The van der Waals surface area contributed by atoms with Crippen molar-refractivity contribution >= 4 is 21.7 Å². The summed E-state index contributed by atoms with van der Waals surface area (Å²) in [5, 5.41) is 0. The summed E-state index contributed by atoms with van der Waals surface area (Å²) in [4.78, 5) is 10.4. The number of nitrogens with zero attached hydrogens (tertiary/aromatic N) is 3. The summed E-state index contributed by atoms with van der Waals surface area (Å²) in [6, 6.07) is 0. The van der Waals surface area contributed by atoms with E-state index in [1.54, 1.807) is 6.92 Å². The van der Waals surface area contributed by atoms with E-state index in [0.717, 1.165) is 19.5 Å². The van der Waals surface area contributed by atoms with E-state index < -0.39 is 0 Å². The molecular weight excluding hydrogens is 273 g/mol. The second kappa shape index (κ2) is 4.65. The van der Waals surface area contributed by atoms with E-state index in [2.05, 4.69) is 32.8 Å². The fourth-order valence-corrected chi connectivity index (χ4v) is 2.35. The predicted molar refractivity (Wildman–Crippen MR) is 65.4 cm³/mol. The Bertz CT molecular complexity index is 385. The Hall–Kier alpha value is -0.710. The van der Waals surface area contributed by atoms with Gasteiger partial charge in [-0.25, -0.2) is 14.4 Å². The number of halogens is 2. The molecule has 1 aliphatic rings. The summed E-state index contributed by atoms with van der Waals surface area (Å²) in [5.41, 5.74) is 0.415. The minimum Gasteiger partial charge on any atom is -0.354 e. The van der Waals surface area contributed by atoms with Crippen LogP contribution in [0.5, 0.6) is 0 Å². The first kappa shape index (κ1) is 11.8. The first-order valence-corrected chi connectivity index (χ1v) is 6.37. The Morgan fingerprint density at radius 2 is 2.25 bits per heavy atom. The minimum absolute atomic E-state index is 0.289. The molecule has 0 spiro atoms. The summed E-state index contributed by atoms with van der Waals surface area (Å²) in [7, 11) is 0. The molecule has 0 bridgehead atoms. The van der Waals surface area contributed by atoms with Gasteiger partial charge in [0, 0.05) is 17.9 Å². The first-order chi connectivity index (χ1) is 7.59.